The molecule has 0 unspecified atom stereocenters. The summed E-state index contributed by atoms with van der Waals surface area (Å²) in [5.74, 6) is -0.333. The molecule has 9 nitrogen and oxygen atoms in total. The van der Waals surface area contributed by atoms with Crippen LogP contribution in [0.15, 0.2) is 60.5 Å². The number of hydrogen-bond donors (Lipinski definition) is 0. The number of carbonyl (C=O) groups excluding carboxylic acids is 2. The molecule has 0 fully saturated rings. The number of fused-ring (bicyclic) bond motifs is 1. The van der Waals surface area contributed by atoms with Gasteiger partial charge in [-0.2, -0.15) is 21.6 Å². The molecule has 0 radical (unpaired) electrons. The van der Waals surface area contributed by atoms with E-state index in [1.807, 2.05) is 32.9 Å². The van der Waals surface area contributed by atoms with E-state index in [1.165, 1.54) is 10.8 Å². The van der Waals surface area contributed by atoms with Crippen molar-refractivity contribution in [1.29, 1.82) is 0 Å². The van der Waals surface area contributed by atoms with Gasteiger partial charge in [0.05, 0.1) is 5.70 Å². The zero-order chi connectivity index (χ0) is 34.7. The van der Waals surface area contributed by atoms with Crippen LogP contribution in [0.5, 0.6) is 0 Å². The first-order chi connectivity index (χ1) is 21.1. The highest BCUT2D eigenvalue weighted by Crippen LogP contribution is 2.32. The van der Waals surface area contributed by atoms with Gasteiger partial charge in [-0.15, -0.1) is 0 Å². The Bertz CT molecular complexity index is 1590. The number of ether oxygens (including phenoxy) is 2. The number of rotatable bonds is 3. The Morgan fingerprint density at radius 3 is 1.80 bits per heavy atom. The first-order valence-electron chi connectivity index (χ1n) is 15.0. The number of allylic oxidation sites excluding steroid dienone is 2. The molecular formula is C33H43F3N2O7S. The van der Waals surface area contributed by atoms with Crippen molar-refractivity contribution in [2.24, 2.45) is 11.8 Å². The van der Waals surface area contributed by atoms with Crippen LogP contribution >= 0.6 is 0 Å². The molecule has 2 aromatic rings. The van der Waals surface area contributed by atoms with E-state index in [-0.39, 0.29) is 25.0 Å². The van der Waals surface area contributed by atoms with E-state index in [9.17, 15) is 31.2 Å². The summed E-state index contributed by atoms with van der Waals surface area (Å²) in [7, 11) is -5.84. The van der Waals surface area contributed by atoms with Gasteiger partial charge in [0.1, 0.15) is 11.2 Å². The Kier molecular flexibility index (Phi) is 11.1. The van der Waals surface area contributed by atoms with E-state index in [4.69, 9.17) is 9.47 Å². The maximum Gasteiger partial charge on any atom is 0.534 e. The predicted octanol–water partition coefficient (Wildman–Crippen LogP) is 8.43. The molecule has 2 atom stereocenters. The van der Waals surface area contributed by atoms with Gasteiger partial charge in [-0.25, -0.2) is 14.5 Å². The molecule has 2 aliphatic rings. The molecule has 2 aliphatic heterocycles. The van der Waals surface area contributed by atoms with Gasteiger partial charge in [-0.3, -0.25) is 4.90 Å². The second-order valence-corrected chi connectivity index (χ2v) is 15.1. The van der Waals surface area contributed by atoms with E-state index in [0.29, 0.717) is 12.5 Å². The molecule has 0 spiro atoms. The topological polar surface area (TPSA) is 102 Å². The smallest absolute Gasteiger partial charge is 0.443 e. The van der Waals surface area contributed by atoms with Gasteiger partial charge in [0.15, 0.2) is 0 Å². The van der Waals surface area contributed by atoms with Gasteiger partial charge in [-0.05, 0) is 94.7 Å². The van der Waals surface area contributed by atoms with Crippen molar-refractivity contribution in [2.75, 3.05) is 13.1 Å². The fourth-order valence-electron chi connectivity index (χ4n) is 4.63. The molecule has 0 N–H and O–H groups in total. The number of amides is 2. The van der Waals surface area contributed by atoms with Crippen molar-refractivity contribution in [3.8, 4) is 0 Å². The third-order valence-corrected chi connectivity index (χ3v) is 7.66. The van der Waals surface area contributed by atoms with E-state index in [0.717, 1.165) is 28.7 Å². The molecule has 2 aromatic carbocycles. The predicted molar refractivity (Wildman–Crippen MR) is 170 cm³/mol. The van der Waals surface area contributed by atoms with Crippen molar-refractivity contribution < 1.29 is 44.8 Å². The van der Waals surface area contributed by atoms with Gasteiger partial charge < -0.3 is 13.7 Å². The number of carbonyl (C=O) groups is 2. The second kappa shape index (κ2) is 13.9. The summed E-state index contributed by atoms with van der Waals surface area (Å²) < 4.78 is 74.1. The summed E-state index contributed by atoms with van der Waals surface area (Å²) in [6.45, 7) is 15.0. The molecule has 0 saturated carbocycles. The Morgan fingerprint density at radius 1 is 0.761 bits per heavy atom. The highest BCUT2D eigenvalue weighted by Gasteiger charge is 2.50. The molecule has 46 heavy (non-hydrogen) atoms. The quantitative estimate of drug-likeness (QED) is 0.239. The van der Waals surface area contributed by atoms with Crippen LogP contribution < -0.4 is 0 Å². The van der Waals surface area contributed by atoms with Crippen LogP contribution in [0.25, 0.3) is 16.5 Å². The van der Waals surface area contributed by atoms with E-state index in [1.54, 1.807) is 32.6 Å². The third kappa shape index (κ3) is 10.1. The zero-order valence-corrected chi connectivity index (χ0v) is 28.3. The van der Waals surface area contributed by atoms with Crippen LogP contribution in [0, 0.1) is 11.8 Å². The van der Waals surface area contributed by atoms with Crippen LogP contribution in [-0.2, 0) is 23.8 Å². The minimum absolute atomic E-state index is 0.00583. The molecule has 13 heteroatoms. The standard InChI is InChI=1S/C21H25NO2.C12H18F3NO5S/c1-15-9-12-19(22(14-15)20(23)24-21(2,3)4)18-11-10-16-7-5-6-8-17(16)13-18;1-8-5-6-9(21-22(18,19)12(13,14)15)16(7-8)10(17)20-11(2,3)4/h5-8,10-13,15H,9,14H2,1-4H3;6,8H,5,7H2,1-4H3/t15-;8-/m00/s1. The molecule has 0 aromatic heterocycles. The van der Waals surface area contributed by atoms with Crippen LogP contribution in [0.2, 0.25) is 0 Å². The maximum atomic E-state index is 12.7. The minimum Gasteiger partial charge on any atom is -0.443 e. The summed E-state index contributed by atoms with van der Waals surface area (Å²) in [4.78, 5) is 27.2. The Labute approximate surface area is 269 Å². The van der Waals surface area contributed by atoms with Crippen molar-refractivity contribution in [3.63, 3.8) is 0 Å². The van der Waals surface area contributed by atoms with Crippen LogP contribution in [0.3, 0.4) is 0 Å². The van der Waals surface area contributed by atoms with E-state index < -0.39 is 38.8 Å². The Morgan fingerprint density at radius 2 is 1.26 bits per heavy atom. The van der Waals surface area contributed by atoms with Crippen molar-refractivity contribution in [2.45, 2.75) is 84.9 Å². The number of halogens is 3. The fourth-order valence-corrected chi connectivity index (χ4v) is 5.11. The maximum absolute atomic E-state index is 12.7. The largest absolute Gasteiger partial charge is 0.534 e. The summed E-state index contributed by atoms with van der Waals surface area (Å²) in [5, 5.41) is 2.38. The minimum atomic E-state index is -5.84. The fraction of sp³-hybridized carbons (Fsp3) is 0.515. The second-order valence-electron chi connectivity index (χ2n) is 13.5. The van der Waals surface area contributed by atoms with Gasteiger partial charge in [0.25, 0.3) is 0 Å². The van der Waals surface area contributed by atoms with Crippen LogP contribution in [-0.4, -0.2) is 60.2 Å². The zero-order valence-electron chi connectivity index (χ0n) is 27.5. The van der Waals surface area contributed by atoms with Gasteiger partial charge in [-0.1, -0.05) is 56.3 Å². The normalized spacial score (nSPS) is 19.4. The molecule has 4 rings (SSSR count). The van der Waals surface area contributed by atoms with Crippen LogP contribution in [0.4, 0.5) is 22.8 Å². The van der Waals surface area contributed by atoms with Crippen molar-refractivity contribution in [3.05, 3.63) is 66.1 Å². The first-order valence-corrected chi connectivity index (χ1v) is 16.4. The number of benzene rings is 2. The van der Waals surface area contributed by atoms with E-state index >= 15 is 0 Å². The highest BCUT2D eigenvalue weighted by atomic mass is 32.2. The molecule has 254 valence electrons. The molecule has 2 heterocycles. The van der Waals surface area contributed by atoms with Crippen LogP contribution in [0.1, 0.15) is 73.8 Å². The lowest BCUT2D eigenvalue weighted by atomic mass is 9.97. The molecule has 0 saturated heterocycles. The number of alkyl halides is 3. The highest BCUT2D eigenvalue weighted by molar-refractivity contribution is 7.87. The summed E-state index contributed by atoms with van der Waals surface area (Å²) in [6.07, 6.45) is 3.30. The molecular weight excluding hydrogens is 625 g/mol. The first kappa shape index (κ1) is 36.7. The lowest BCUT2D eigenvalue weighted by Gasteiger charge is -2.34. The monoisotopic (exact) mass is 668 g/mol. The Hall–Kier alpha value is -3.74. The molecule has 0 aliphatic carbocycles. The van der Waals surface area contributed by atoms with Crippen molar-refractivity contribution in [1.82, 2.24) is 9.80 Å². The summed E-state index contributed by atoms with van der Waals surface area (Å²) in [6, 6.07) is 14.6. The lowest BCUT2D eigenvalue weighted by Crippen LogP contribution is -2.42. The molecule has 2 amide bonds. The average molecular weight is 669 g/mol. The van der Waals surface area contributed by atoms with Gasteiger partial charge >= 0.3 is 27.8 Å². The summed E-state index contributed by atoms with van der Waals surface area (Å²) >= 11 is 0. The SMILES string of the molecule is C[C@H]1CC=C(OS(=O)(=O)C(F)(F)F)N(C(=O)OC(C)(C)C)C1.C[C@H]1CC=C(c2ccc3ccccc3c2)N(C(=O)OC(C)(C)C)C1. The number of hydrogen-bond acceptors (Lipinski definition) is 7. The average Bonchev–Trinajstić information content (AvgIpc) is 2.91. The van der Waals surface area contributed by atoms with E-state index in [2.05, 4.69) is 47.5 Å². The lowest BCUT2D eigenvalue weighted by molar-refractivity contribution is -0.0546. The molecule has 0 bridgehead atoms. The summed E-state index contributed by atoms with van der Waals surface area (Å²) in [5.41, 5.74) is -4.94. The Balaban J connectivity index is 0.000000252. The number of nitrogens with zero attached hydrogens (tertiary/aromatic N) is 2. The van der Waals surface area contributed by atoms with Gasteiger partial charge in [0.2, 0.25) is 5.88 Å². The van der Waals surface area contributed by atoms with Crippen molar-refractivity contribution >= 4 is 38.8 Å². The van der Waals surface area contributed by atoms with Gasteiger partial charge in [0, 0.05) is 13.1 Å². The third-order valence-electron chi connectivity index (χ3n) is 6.71.